The molecule has 2 rings (SSSR count). The minimum Gasteiger partial charge on any atom is -0.491 e. The summed E-state index contributed by atoms with van der Waals surface area (Å²) in [5.74, 6) is 0.424. The number of hydrogen-bond acceptors (Lipinski definition) is 3. The van der Waals surface area contributed by atoms with E-state index >= 15 is 0 Å². The van der Waals surface area contributed by atoms with Gasteiger partial charge in [-0.2, -0.15) is 0 Å². The minimum atomic E-state index is -0.240. The fraction of sp³-hybridized carbons (Fsp3) is 0.188. The predicted molar refractivity (Wildman–Crippen MR) is 81.0 cm³/mol. The van der Waals surface area contributed by atoms with E-state index in [2.05, 4.69) is 5.32 Å². The molecule has 0 aliphatic heterocycles. The van der Waals surface area contributed by atoms with E-state index in [4.69, 9.17) is 10.5 Å². The number of nitrogens with two attached hydrogens (primary N) is 1. The van der Waals surface area contributed by atoms with Gasteiger partial charge in [0.2, 0.25) is 0 Å². The Morgan fingerprint density at radius 2 is 1.85 bits per heavy atom. The van der Waals surface area contributed by atoms with E-state index in [0.717, 1.165) is 6.42 Å². The number of amides is 1. The monoisotopic (exact) mass is 270 g/mol. The van der Waals surface area contributed by atoms with Crippen LogP contribution in [0.3, 0.4) is 0 Å². The van der Waals surface area contributed by atoms with E-state index in [-0.39, 0.29) is 5.91 Å². The van der Waals surface area contributed by atoms with Crippen LogP contribution in [0.4, 0.5) is 11.4 Å². The van der Waals surface area contributed by atoms with Gasteiger partial charge in [-0.1, -0.05) is 31.2 Å². The van der Waals surface area contributed by atoms with Gasteiger partial charge in [-0.3, -0.25) is 4.79 Å². The van der Waals surface area contributed by atoms with Crippen molar-refractivity contribution in [3.05, 3.63) is 54.1 Å². The van der Waals surface area contributed by atoms with Gasteiger partial charge in [0.25, 0.3) is 5.91 Å². The van der Waals surface area contributed by atoms with Crippen LogP contribution in [-0.4, -0.2) is 12.5 Å². The minimum absolute atomic E-state index is 0.240. The highest BCUT2D eigenvalue weighted by Gasteiger charge is 2.11. The Kier molecular flexibility index (Phi) is 4.60. The smallest absolute Gasteiger partial charge is 0.257 e. The molecule has 0 heterocycles. The van der Waals surface area contributed by atoms with Crippen LogP contribution in [0.25, 0.3) is 0 Å². The zero-order chi connectivity index (χ0) is 14.4. The topological polar surface area (TPSA) is 64.3 Å². The summed E-state index contributed by atoms with van der Waals surface area (Å²) in [5, 5.41) is 2.83. The quantitative estimate of drug-likeness (QED) is 0.819. The normalized spacial score (nSPS) is 10.1. The highest BCUT2D eigenvalue weighted by Crippen LogP contribution is 2.25. The SMILES string of the molecule is CCCOc1ccccc1NC(=O)c1ccccc1N. The highest BCUT2D eigenvalue weighted by molar-refractivity contribution is 6.08. The first kappa shape index (κ1) is 13.9. The molecular weight excluding hydrogens is 252 g/mol. The number of nitrogens with one attached hydrogen (secondary N) is 1. The van der Waals surface area contributed by atoms with E-state index in [1.165, 1.54) is 0 Å². The van der Waals surface area contributed by atoms with Crippen molar-refractivity contribution in [3.63, 3.8) is 0 Å². The van der Waals surface area contributed by atoms with E-state index in [9.17, 15) is 4.79 Å². The lowest BCUT2D eigenvalue weighted by molar-refractivity contribution is 0.102. The van der Waals surface area contributed by atoms with Crippen LogP contribution in [0.2, 0.25) is 0 Å². The molecule has 20 heavy (non-hydrogen) atoms. The number of nitrogen functional groups attached to an aromatic ring is 1. The molecule has 0 bridgehead atoms. The van der Waals surface area contributed by atoms with E-state index < -0.39 is 0 Å². The molecule has 0 aliphatic carbocycles. The zero-order valence-electron chi connectivity index (χ0n) is 11.4. The summed E-state index contributed by atoms with van der Waals surface area (Å²) in [7, 11) is 0. The number of para-hydroxylation sites is 3. The zero-order valence-corrected chi connectivity index (χ0v) is 11.4. The maximum Gasteiger partial charge on any atom is 0.257 e. The Labute approximate surface area is 118 Å². The van der Waals surface area contributed by atoms with Gasteiger partial charge in [-0.05, 0) is 30.7 Å². The Balaban J connectivity index is 2.18. The third-order valence-corrected chi connectivity index (χ3v) is 2.80. The first-order valence-corrected chi connectivity index (χ1v) is 6.60. The molecule has 1 amide bonds. The second-order valence-corrected chi connectivity index (χ2v) is 4.39. The molecule has 0 atom stereocenters. The van der Waals surface area contributed by atoms with Gasteiger partial charge in [0.15, 0.2) is 0 Å². The molecule has 0 aliphatic rings. The third-order valence-electron chi connectivity index (χ3n) is 2.80. The van der Waals surface area contributed by atoms with Crippen molar-refractivity contribution in [2.75, 3.05) is 17.7 Å². The van der Waals surface area contributed by atoms with Gasteiger partial charge in [0.05, 0.1) is 17.9 Å². The summed E-state index contributed by atoms with van der Waals surface area (Å²) in [6.45, 7) is 2.65. The van der Waals surface area contributed by atoms with Crippen LogP contribution in [0.1, 0.15) is 23.7 Å². The fourth-order valence-corrected chi connectivity index (χ4v) is 1.80. The van der Waals surface area contributed by atoms with Crippen LogP contribution in [-0.2, 0) is 0 Å². The first-order valence-electron chi connectivity index (χ1n) is 6.60. The second kappa shape index (κ2) is 6.61. The van der Waals surface area contributed by atoms with Crippen LogP contribution < -0.4 is 15.8 Å². The second-order valence-electron chi connectivity index (χ2n) is 4.39. The molecule has 3 N–H and O–H groups in total. The molecule has 0 radical (unpaired) electrons. The molecule has 0 saturated heterocycles. The lowest BCUT2D eigenvalue weighted by Crippen LogP contribution is -2.14. The third kappa shape index (κ3) is 3.29. The molecule has 4 nitrogen and oxygen atoms in total. The summed E-state index contributed by atoms with van der Waals surface area (Å²) in [4.78, 5) is 12.2. The van der Waals surface area contributed by atoms with Crippen molar-refractivity contribution in [2.24, 2.45) is 0 Å². The van der Waals surface area contributed by atoms with Crippen molar-refractivity contribution in [1.29, 1.82) is 0 Å². The molecule has 0 spiro atoms. The molecule has 2 aromatic rings. The predicted octanol–water partition coefficient (Wildman–Crippen LogP) is 3.31. The van der Waals surface area contributed by atoms with Crippen molar-refractivity contribution in [2.45, 2.75) is 13.3 Å². The fourth-order valence-electron chi connectivity index (χ4n) is 1.80. The average molecular weight is 270 g/mol. The van der Waals surface area contributed by atoms with Gasteiger partial charge >= 0.3 is 0 Å². The number of carbonyl (C=O) groups is 1. The van der Waals surface area contributed by atoms with Crippen molar-refractivity contribution < 1.29 is 9.53 Å². The van der Waals surface area contributed by atoms with E-state index in [0.29, 0.717) is 29.3 Å². The van der Waals surface area contributed by atoms with Crippen LogP contribution in [0.15, 0.2) is 48.5 Å². The number of carbonyl (C=O) groups excluding carboxylic acids is 1. The maximum atomic E-state index is 12.2. The molecule has 0 aromatic heterocycles. The largest absolute Gasteiger partial charge is 0.491 e. The van der Waals surface area contributed by atoms with Crippen molar-refractivity contribution >= 4 is 17.3 Å². The van der Waals surface area contributed by atoms with Crippen molar-refractivity contribution in [1.82, 2.24) is 0 Å². The number of ether oxygens (including phenoxy) is 1. The Bertz CT molecular complexity index is 597. The summed E-state index contributed by atoms with van der Waals surface area (Å²) in [6.07, 6.45) is 0.911. The van der Waals surface area contributed by atoms with Gasteiger partial charge < -0.3 is 15.8 Å². The molecule has 2 aromatic carbocycles. The molecule has 0 unspecified atom stereocenters. The summed E-state index contributed by atoms with van der Waals surface area (Å²) in [6, 6.07) is 14.3. The highest BCUT2D eigenvalue weighted by atomic mass is 16.5. The molecule has 0 saturated carbocycles. The van der Waals surface area contributed by atoms with Crippen LogP contribution >= 0.6 is 0 Å². The lowest BCUT2D eigenvalue weighted by atomic mass is 10.1. The number of anilines is 2. The molecule has 0 fully saturated rings. The number of hydrogen-bond donors (Lipinski definition) is 2. The Morgan fingerprint density at radius 1 is 1.15 bits per heavy atom. The van der Waals surface area contributed by atoms with Gasteiger partial charge in [0.1, 0.15) is 5.75 Å². The Morgan fingerprint density at radius 3 is 2.60 bits per heavy atom. The summed E-state index contributed by atoms with van der Waals surface area (Å²) >= 11 is 0. The van der Waals surface area contributed by atoms with E-state index in [1.54, 1.807) is 24.3 Å². The van der Waals surface area contributed by atoms with E-state index in [1.807, 2.05) is 31.2 Å². The van der Waals surface area contributed by atoms with Gasteiger partial charge in [0, 0.05) is 5.69 Å². The first-order chi connectivity index (χ1) is 9.72. The van der Waals surface area contributed by atoms with Gasteiger partial charge in [-0.15, -0.1) is 0 Å². The number of benzene rings is 2. The lowest BCUT2D eigenvalue weighted by Gasteiger charge is -2.12. The molecule has 4 heteroatoms. The molecule has 104 valence electrons. The summed E-state index contributed by atoms with van der Waals surface area (Å²) in [5.41, 5.74) is 7.36. The number of rotatable bonds is 5. The van der Waals surface area contributed by atoms with Crippen LogP contribution in [0.5, 0.6) is 5.75 Å². The standard InChI is InChI=1S/C16H18N2O2/c1-2-11-20-15-10-6-5-9-14(15)18-16(19)12-7-3-4-8-13(12)17/h3-10H,2,11,17H2,1H3,(H,18,19). The van der Waals surface area contributed by atoms with Gasteiger partial charge in [-0.25, -0.2) is 0 Å². The van der Waals surface area contributed by atoms with Crippen LogP contribution in [0, 0.1) is 0 Å². The average Bonchev–Trinajstić information content (AvgIpc) is 2.46. The Hall–Kier alpha value is -2.49. The van der Waals surface area contributed by atoms with Crippen molar-refractivity contribution in [3.8, 4) is 5.75 Å². The summed E-state index contributed by atoms with van der Waals surface area (Å²) < 4.78 is 5.61. The molecular formula is C16H18N2O2. The maximum absolute atomic E-state index is 12.2.